The topological polar surface area (TPSA) is 46.2 Å². The van der Waals surface area contributed by atoms with E-state index in [1.165, 1.54) is 24.9 Å². The van der Waals surface area contributed by atoms with Crippen molar-refractivity contribution in [2.45, 2.75) is 29.4 Å². The first-order chi connectivity index (χ1) is 8.39. The summed E-state index contributed by atoms with van der Waals surface area (Å²) >= 11 is 2.01. The molecule has 1 aromatic rings. The lowest BCUT2D eigenvalue weighted by molar-refractivity contribution is 0.602. The highest BCUT2D eigenvalue weighted by molar-refractivity contribution is 8.00. The maximum absolute atomic E-state index is 11.3. The summed E-state index contributed by atoms with van der Waals surface area (Å²) in [6.45, 7) is 3.21. The zero-order valence-electron chi connectivity index (χ0n) is 10.8. The van der Waals surface area contributed by atoms with Crippen molar-refractivity contribution in [3.8, 4) is 0 Å². The van der Waals surface area contributed by atoms with Crippen LogP contribution in [0.3, 0.4) is 0 Å². The Kier molecular flexibility index (Phi) is 3.92. The first-order valence-electron chi connectivity index (χ1n) is 6.07. The average molecular weight is 285 g/mol. The molecule has 1 aromatic carbocycles. The number of hydrogen-bond donors (Lipinski definition) is 1. The van der Waals surface area contributed by atoms with Crippen LogP contribution in [0.2, 0.25) is 0 Å². The van der Waals surface area contributed by atoms with Gasteiger partial charge in [0.15, 0.2) is 9.84 Å². The first kappa shape index (κ1) is 13.7. The first-order valence-corrected chi connectivity index (χ1v) is 8.95. The third kappa shape index (κ3) is 3.42. The van der Waals surface area contributed by atoms with Crippen molar-refractivity contribution in [3.05, 3.63) is 24.3 Å². The molecule has 1 aliphatic heterocycles. The van der Waals surface area contributed by atoms with Crippen LogP contribution < -0.4 is 5.32 Å². The molecule has 1 heterocycles. The summed E-state index contributed by atoms with van der Waals surface area (Å²) in [5.41, 5.74) is 0.983. The molecule has 2 rings (SSSR count). The quantitative estimate of drug-likeness (QED) is 0.924. The van der Waals surface area contributed by atoms with E-state index in [1.54, 1.807) is 12.1 Å². The summed E-state index contributed by atoms with van der Waals surface area (Å²) in [4.78, 5) is 0.370. The molecule has 0 radical (unpaired) electrons. The lowest BCUT2D eigenvalue weighted by atomic mass is 10.1. The van der Waals surface area contributed by atoms with Crippen molar-refractivity contribution < 1.29 is 8.42 Å². The second-order valence-corrected chi connectivity index (χ2v) is 8.75. The van der Waals surface area contributed by atoms with Crippen LogP contribution in [0.4, 0.5) is 5.69 Å². The van der Waals surface area contributed by atoms with Gasteiger partial charge in [-0.15, -0.1) is 0 Å². The summed E-state index contributed by atoms with van der Waals surface area (Å²) in [6.07, 6.45) is 3.76. The summed E-state index contributed by atoms with van der Waals surface area (Å²) in [5, 5.41) is 3.39. The van der Waals surface area contributed by atoms with Crippen molar-refractivity contribution in [1.82, 2.24) is 0 Å². The third-order valence-electron chi connectivity index (χ3n) is 3.25. The predicted molar refractivity (Wildman–Crippen MR) is 78.1 cm³/mol. The fourth-order valence-electron chi connectivity index (χ4n) is 2.09. The van der Waals surface area contributed by atoms with E-state index in [4.69, 9.17) is 0 Å². The molecule has 100 valence electrons. The molecule has 5 heteroatoms. The van der Waals surface area contributed by atoms with Crippen LogP contribution in [-0.4, -0.2) is 31.7 Å². The number of hydrogen-bond acceptors (Lipinski definition) is 4. The Labute approximate surface area is 113 Å². The van der Waals surface area contributed by atoms with Crippen LogP contribution >= 0.6 is 11.8 Å². The summed E-state index contributed by atoms with van der Waals surface area (Å²) in [6, 6.07) is 6.97. The van der Waals surface area contributed by atoms with Gasteiger partial charge in [-0.3, -0.25) is 0 Å². The molecule has 1 atom stereocenters. The molecule has 1 N–H and O–H groups in total. The van der Waals surface area contributed by atoms with Crippen LogP contribution in [0.15, 0.2) is 29.2 Å². The second kappa shape index (κ2) is 5.13. The standard InChI is InChI=1S/C13H19NO2S2/c1-13(8-3-9-17-13)10-14-11-4-6-12(7-5-11)18(2,15)16/h4-7,14H,3,8-10H2,1-2H3. The van der Waals surface area contributed by atoms with Crippen molar-refractivity contribution in [2.75, 3.05) is 23.9 Å². The van der Waals surface area contributed by atoms with E-state index in [2.05, 4.69) is 12.2 Å². The van der Waals surface area contributed by atoms with Gasteiger partial charge in [0, 0.05) is 23.2 Å². The molecule has 0 aromatic heterocycles. The van der Waals surface area contributed by atoms with Crippen LogP contribution in [0.5, 0.6) is 0 Å². The van der Waals surface area contributed by atoms with E-state index in [1.807, 2.05) is 23.9 Å². The minimum absolute atomic E-state index is 0.315. The van der Waals surface area contributed by atoms with Gasteiger partial charge in [0.2, 0.25) is 0 Å². The Balaban J connectivity index is 1.98. The number of anilines is 1. The molecular weight excluding hydrogens is 266 g/mol. The molecule has 1 fully saturated rings. The largest absolute Gasteiger partial charge is 0.384 e. The van der Waals surface area contributed by atoms with Crippen LogP contribution in [0.25, 0.3) is 0 Å². The smallest absolute Gasteiger partial charge is 0.175 e. The molecule has 0 spiro atoms. The van der Waals surface area contributed by atoms with Gasteiger partial charge in [-0.25, -0.2) is 8.42 Å². The summed E-state index contributed by atoms with van der Waals surface area (Å²) in [7, 11) is -3.09. The van der Waals surface area contributed by atoms with Crippen molar-refractivity contribution in [3.63, 3.8) is 0 Å². The monoisotopic (exact) mass is 285 g/mol. The van der Waals surface area contributed by atoms with E-state index < -0.39 is 9.84 Å². The zero-order valence-corrected chi connectivity index (χ0v) is 12.4. The molecule has 0 bridgehead atoms. The number of rotatable bonds is 4. The Morgan fingerprint density at radius 1 is 1.33 bits per heavy atom. The van der Waals surface area contributed by atoms with E-state index in [9.17, 15) is 8.42 Å². The van der Waals surface area contributed by atoms with Crippen LogP contribution in [-0.2, 0) is 9.84 Å². The summed E-state index contributed by atoms with van der Waals surface area (Å²) in [5.74, 6) is 1.24. The van der Waals surface area contributed by atoms with Crippen molar-refractivity contribution in [1.29, 1.82) is 0 Å². The Morgan fingerprint density at radius 2 is 2.00 bits per heavy atom. The Morgan fingerprint density at radius 3 is 2.50 bits per heavy atom. The van der Waals surface area contributed by atoms with Gasteiger partial charge in [-0.05, 0) is 49.8 Å². The van der Waals surface area contributed by atoms with Crippen LogP contribution in [0.1, 0.15) is 19.8 Å². The zero-order chi connectivity index (χ0) is 13.2. The highest BCUT2D eigenvalue weighted by Crippen LogP contribution is 2.37. The molecule has 1 saturated heterocycles. The fraction of sp³-hybridized carbons (Fsp3) is 0.538. The van der Waals surface area contributed by atoms with E-state index >= 15 is 0 Å². The van der Waals surface area contributed by atoms with Gasteiger partial charge >= 0.3 is 0 Å². The van der Waals surface area contributed by atoms with Gasteiger partial charge in [0.1, 0.15) is 0 Å². The van der Waals surface area contributed by atoms with Gasteiger partial charge in [0.25, 0.3) is 0 Å². The minimum Gasteiger partial charge on any atom is -0.384 e. The minimum atomic E-state index is -3.09. The maximum atomic E-state index is 11.3. The van der Waals surface area contributed by atoms with Gasteiger partial charge < -0.3 is 5.32 Å². The Bertz CT molecular complexity index is 502. The molecule has 3 nitrogen and oxygen atoms in total. The molecule has 18 heavy (non-hydrogen) atoms. The van der Waals surface area contributed by atoms with E-state index in [0.717, 1.165) is 12.2 Å². The lowest BCUT2D eigenvalue weighted by Gasteiger charge is -2.23. The number of sulfone groups is 1. The number of nitrogens with one attached hydrogen (secondary N) is 1. The summed E-state index contributed by atoms with van der Waals surface area (Å²) < 4.78 is 23.0. The molecule has 0 aliphatic carbocycles. The van der Waals surface area contributed by atoms with Gasteiger partial charge in [0.05, 0.1) is 4.90 Å². The maximum Gasteiger partial charge on any atom is 0.175 e. The van der Waals surface area contributed by atoms with Gasteiger partial charge in [-0.2, -0.15) is 11.8 Å². The Hall–Kier alpha value is -0.680. The molecule has 1 unspecified atom stereocenters. The van der Waals surface area contributed by atoms with Crippen LogP contribution in [0, 0.1) is 0 Å². The molecule has 1 aliphatic rings. The predicted octanol–water partition coefficient (Wildman–Crippen LogP) is 2.79. The highest BCUT2D eigenvalue weighted by Gasteiger charge is 2.28. The SMILES string of the molecule is CC1(CNc2ccc(S(C)(=O)=O)cc2)CCCS1. The highest BCUT2D eigenvalue weighted by atomic mass is 32.2. The van der Waals surface area contributed by atoms with E-state index in [0.29, 0.717) is 9.64 Å². The van der Waals surface area contributed by atoms with E-state index in [-0.39, 0.29) is 0 Å². The van der Waals surface area contributed by atoms with Crippen molar-refractivity contribution >= 4 is 27.3 Å². The fourth-order valence-corrected chi connectivity index (χ4v) is 3.96. The number of thioether (sulfide) groups is 1. The van der Waals surface area contributed by atoms with Gasteiger partial charge in [-0.1, -0.05) is 0 Å². The van der Waals surface area contributed by atoms with Crippen molar-refractivity contribution in [2.24, 2.45) is 0 Å². The number of benzene rings is 1. The third-order valence-corrected chi connectivity index (χ3v) is 5.92. The lowest BCUT2D eigenvalue weighted by Crippen LogP contribution is -2.26. The second-order valence-electron chi connectivity index (χ2n) is 5.05. The molecular formula is C13H19NO2S2. The molecule has 0 amide bonds. The normalized spacial score (nSPS) is 24.1. The average Bonchev–Trinajstić information content (AvgIpc) is 2.74. The molecule has 0 saturated carbocycles.